The fraction of sp³-hybridized carbons (Fsp3) is 0.286. The number of rotatable bonds is 2. The number of aromatic nitrogens is 1. The molecule has 0 spiro atoms. The fourth-order valence-corrected chi connectivity index (χ4v) is 4.50. The van der Waals surface area contributed by atoms with Gasteiger partial charge < -0.3 is 4.57 Å². The summed E-state index contributed by atoms with van der Waals surface area (Å²) in [5.41, 5.74) is 0.902. The largest absolute Gasteiger partial charge is 0.349 e. The van der Waals surface area contributed by atoms with E-state index in [-0.39, 0.29) is 16.0 Å². The van der Waals surface area contributed by atoms with Gasteiger partial charge in [0.25, 0.3) is 0 Å². The van der Waals surface area contributed by atoms with E-state index in [0.717, 1.165) is 11.8 Å². The zero-order valence-electron chi connectivity index (χ0n) is 11.3. The molecule has 0 saturated carbocycles. The van der Waals surface area contributed by atoms with Gasteiger partial charge in [0.15, 0.2) is 0 Å². The maximum absolute atomic E-state index is 14.0. The molecule has 0 aliphatic carbocycles. The van der Waals surface area contributed by atoms with Gasteiger partial charge in [-0.05, 0) is 37.3 Å². The van der Waals surface area contributed by atoms with Crippen LogP contribution in [0.25, 0.3) is 0 Å². The summed E-state index contributed by atoms with van der Waals surface area (Å²) in [7, 11) is -3.89. The van der Waals surface area contributed by atoms with Crippen LogP contribution in [-0.2, 0) is 16.6 Å². The topological polar surface area (TPSA) is 42.3 Å². The first-order chi connectivity index (χ1) is 9.91. The molecule has 1 atom stereocenters. The zero-order valence-corrected chi connectivity index (χ0v) is 12.9. The van der Waals surface area contributed by atoms with Crippen molar-refractivity contribution in [3.8, 4) is 0 Å². The van der Waals surface area contributed by atoms with Gasteiger partial charge in [0.05, 0.1) is 6.04 Å². The normalized spacial score (nSPS) is 19.5. The first-order valence-corrected chi connectivity index (χ1v) is 8.35. The van der Waals surface area contributed by atoms with Crippen LogP contribution < -0.4 is 0 Å². The molecular weight excluding hydrogens is 315 g/mol. The predicted octanol–water partition coefficient (Wildman–Crippen LogP) is 3.05. The minimum atomic E-state index is -3.89. The lowest BCUT2D eigenvalue weighted by Gasteiger charge is -2.33. The van der Waals surface area contributed by atoms with Crippen LogP contribution in [0.3, 0.4) is 0 Å². The van der Waals surface area contributed by atoms with E-state index < -0.39 is 15.8 Å². The fourth-order valence-electron chi connectivity index (χ4n) is 2.70. The average molecular weight is 329 g/mol. The SMILES string of the molecule is C[C@@H]1c2cccn2CCN1S(=O)(=O)c1ccc(Cl)cc1F. The van der Waals surface area contributed by atoms with Gasteiger partial charge in [-0.1, -0.05) is 11.6 Å². The van der Waals surface area contributed by atoms with E-state index in [1.54, 1.807) is 6.92 Å². The average Bonchev–Trinajstić information content (AvgIpc) is 2.87. The first kappa shape index (κ1) is 14.6. The highest BCUT2D eigenvalue weighted by Gasteiger charge is 2.35. The number of nitrogens with zero attached hydrogens (tertiary/aromatic N) is 2. The Hall–Kier alpha value is -1.37. The van der Waals surface area contributed by atoms with Crippen LogP contribution in [0.1, 0.15) is 18.7 Å². The van der Waals surface area contributed by atoms with E-state index in [1.165, 1.54) is 16.4 Å². The Morgan fingerprint density at radius 2 is 2.05 bits per heavy atom. The maximum atomic E-state index is 14.0. The van der Waals surface area contributed by atoms with E-state index >= 15 is 0 Å². The Morgan fingerprint density at radius 1 is 1.29 bits per heavy atom. The maximum Gasteiger partial charge on any atom is 0.246 e. The Balaban J connectivity index is 2.03. The van der Waals surface area contributed by atoms with Gasteiger partial charge in [0.1, 0.15) is 10.7 Å². The van der Waals surface area contributed by atoms with Crippen LogP contribution in [0.2, 0.25) is 5.02 Å². The Bertz CT molecular complexity index is 788. The van der Waals surface area contributed by atoms with Gasteiger partial charge in [-0.2, -0.15) is 4.31 Å². The molecule has 1 aliphatic rings. The van der Waals surface area contributed by atoms with Gasteiger partial charge in [0, 0.05) is 30.0 Å². The van der Waals surface area contributed by atoms with Crippen molar-refractivity contribution in [2.24, 2.45) is 0 Å². The summed E-state index contributed by atoms with van der Waals surface area (Å²) in [4.78, 5) is -0.334. The molecule has 0 N–H and O–H groups in total. The summed E-state index contributed by atoms with van der Waals surface area (Å²) < 4.78 is 42.7. The number of benzene rings is 1. The minimum Gasteiger partial charge on any atom is -0.349 e. The predicted molar refractivity (Wildman–Crippen MR) is 78.1 cm³/mol. The van der Waals surface area contributed by atoms with Crippen LogP contribution in [0.15, 0.2) is 41.4 Å². The molecular formula is C14H14ClFN2O2S. The smallest absolute Gasteiger partial charge is 0.246 e. The quantitative estimate of drug-likeness (QED) is 0.850. The van der Waals surface area contributed by atoms with E-state index in [2.05, 4.69) is 0 Å². The molecule has 0 unspecified atom stereocenters. The molecule has 0 fully saturated rings. The lowest BCUT2D eigenvalue weighted by atomic mass is 10.2. The summed E-state index contributed by atoms with van der Waals surface area (Å²) in [6.45, 7) is 2.67. The standard InChI is InChI=1S/C14H14ClFN2O2S/c1-10-13-3-2-6-17(13)7-8-18(10)21(19,20)14-5-4-11(15)9-12(14)16/h2-6,9-10H,7-8H2,1H3/t10-/m1/s1. The molecule has 0 radical (unpaired) electrons. The summed E-state index contributed by atoms with van der Waals surface area (Å²) in [5.74, 6) is -0.823. The van der Waals surface area contributed by atoms with Crippen molar-refractivity contribution >= 4 is 21.6 Å². The molecule has 1 aromatic heterocycles. The first-order valence-electron chi connectivity index (χ1n) is 6.53. The summed E-state index contributed by atoms with van der Waals surface area (Å²) in [6.07, 6.45) is 1.92. The van der Waals surface area contributed by atoms with Crippen LogP contribution in [0, 0.1) is 5.82 Å². The monoisotopic (exact) mass is 328 g/mol. The molecule has 0 amide bonds. The Kier molecular flexibility index (Phi) is 3.55. The molecule has 112 valence electrons. The van der Waals surface area contributed by atoms with Crippen molar-refractivity contribution in [1.29, 1.82) is 0 Å². The lowest BCUT2D eigenvalue weighted by Crippen LogP contribution is -2.40. The molecule has 2 aromatic rings. The van der Waals surface area contributed by atoms with Crippen molar-refractivity contribution in [3.63, 3.8) is 0 Å². The van der Waals surface area contributed by atoms with Crippen LogP contribution in [-0.4, -0.2) is 23.8 Å². The van der Waals surface area contributed by atoms with Crippen LogP contribution in [0.5, 0.6) is 0 Å². The summed E-state index contributed by atoms with van der Waals surface area (Å²) in [6, 6.07) is 7.04. The molecule has 0 saturated heterocycles. The van der Waals surface area contributed by atoms with Crippen molar-refractivity contribution < 1.29 is 12.8 Å². The van der Waals surface area contributed by atoms with E-state index in [4.69, 9.17) is 11.6 Å². The third-order valence-corrected chi connectivity index (χ3v) is 6.00. The summed E-state index contributed by atoms with van der Waals surface area (Å²) in [5, 5.41) is 0.173. The van der Waals surface area contributed by atoms with Crippen molar-refractivity contribution in [1.82, 2.24) is 8.87 Å². The highest BCUT2D eigenvalue weighted by atomic mass is 35.5. The van der Waals surface area contributed by atoms with Gasteiger partial charge in [-0.25, -0.2) is 12.8 Å². The summed E-state index contributed by atoms with van der Waals surface area (Å²) >= 11 is 5.68. The molecule has 2 heterocycles. The molecule has 3 rings (SSSR count). The molecule has 0 bridgehead atoms. The highest BCUT2D eigenvalue weighted by Crippen LogP contribution is 2.32. The van der Waals surface area contributed by atoms with Crippen LogP contribution >= 0.6 is 11.6 Å². The molecule has 21 heavy (non-hydrogen) atoms. The third kappa shape index (κ3) is 2.37. The molecule has 7 heteroatoms. The Labute approximate surface area is 127 Å². The number of fused-ring (bicyclic) bond motifs is 1. The Morgan fingerprint density at radius 3 is 2.76 bits per heavy atom. The van der Waals surface area contributed by atoms with Gasteiger partial charge in [-0.3, -0.25) is 0 Å². The number of hydrogen-bond donors (Lipinski definition) is 0. The van der Waals surface area contributed by atoms with Gasteiger partial charge in [0.2, 0.25) is 10.0 Å². The number of hydrogen-bond acceptors (Lipinski definition) is 2. The zero-order chi connectivity index (χ0) is 15.2. The number of sulfonamides is 1. The second-order valence-corrected chi connectivity index (χ2v) is 7.29. The van der Waals surface area contributed by atoms with E-state index in [0.29, 0.717) is 13.1 Å². The lowest BCUT2D eigenvalue weighted by molar-refractivity contribution is 0.281. The van der Waals surface area contributed by atoms with Crippen molar-refractivity contribution in [3.05, 3.63) is 53.1 Å². The number of halogens is 2. The highest BCUT2D eigenvalue weighted by molar-refractivity contribution is 7.89. The van der Waals surface area contributed by atoms with Gasteiger partial charge in [-0.15, -0.1) is 0 Å². The molecule has 1 aromatic carbocycles. The second kappa shape index (κ2) is 5.12. The van der Waals surface area contributed by atoms with Gasteiger partial charge >= 0.3 is 0 Å². The molecule has 4 nitrogen and oxygen atoms in total. The third-order valence-electron chi connectivity index (χ3n) is 3.77. The van der Waals surface area contributed by atoms with E-state index in [9.17, 15) is 12.8 Å². The second-order valence-electron chi connectivity index (χ2n) is 4.99. The van der Waals surface area contributed by atoms with Crippen molar-refractivity contribution in [2.45, 2.75) is 24.4 Å². The van der Waals surface area contributed by atoms with E-state index in [1.807, 2.05) is 22.9 Å². The van der Waals surface area contributed by atoms with Crippen molar-refractivity contribution in [2.75, 3.05) is 6.54 Å². The molecule has 1 aliphatic heterocycles. The minimum absolute atomic E-state index is 0.173. The van der Waals surface area contributed by atoms with Crippen LogP contribution in [0.4, 0.5) is 4.39 Å².